The van der Waals surface area contributed by atoms with Crippen LogP contribution >= 0.6 is 11.6 Å². The molecule has 2 aliphatic heterocycles. The van der Waals surface area contributed by atoms with Crippen LogP contribution in [0.2, 0.25) is 5.02 Å². The average molecular weight is 384 g/mol. The molecule has 2 saturated heterocycles. The Kier molecular flexibility index (Phi) is 5.65. The lowest BCUT2D eigenvalue weighted by Gasteiger charge is -2.49. The fraction of sp³-hybridized carbons (Fsp3) is 0.409. The maximum Gasteiger partial charge on any atom is 0.319 e. The Morgan fingerprint density at radius 2 is 1.67 bits per heavy atom. The van der Waals surface area contributed by atoms with Crippen LogP contribution < -0.4 is 10.6 Å². The van der Waals surface area contributed by atoms with E-state index in [4.69, 9.17) is 11.6 Å². The molecule has 27 heavy (non-hydrogen) atoms. The molecule has 142 valence electrons. The van der Waals surface area contributed by atoms with Crippen molar-refractivity contribution >= 4 is 23.3 Å². The van der Waals surface area contributed by atoms with Crippen LogP contribution in [0.5, 0.6) is 0 Å². The fourth-order valence-corrected chi connectivity index (χ4v) is 4.66. The van der Waals surface area contributed by atoms with Crippen LogP contribution in [0.15, 0.2) is 54.6 Å². The zero-order chi connectivity index (χ0) is 18.6. The van der Waals surface area contributed by atoms with Crippen LogP contribution in [0.1, 0.15) is 37.7 Å². The molecule has 2 heterocycles. The van der Waals surface area contributed by atoms with E-state index in [9.17, 15) is 4.79 Å². The van der Waals surface area contributed by atoms with E-state index < -0.39 is 0 Å². The minimum atomic E-state index is -0.101. The molecule has 0 aromatic heterocycles. The molecule has 2 fully saturated rings. The number of nitrogens with zero attached hydrogens (tertiary/aromatic N) is 1. The molecule has 1 unspecified atom stereocenters. The van der Waals surface area contributed by atoms with Crippen LogP contribution in [0.3, 0.4) is 0 Å². The summed E-state index contributed by atoms with van der Waals surface area (Å²) in [5, 5.41) is 6.91. The molecule has 0 spiro atoms. The Morgan fingerprint density at radius 1 is 1.00 bits per heavy atom. The summed E-state index contributed by atoms with van der Waals surface area (Å²) < 4.78 is 0. The van der Waals surface area contributed by atoms with Crippen LogP contribution in [0.25, 0.3) is 0 Å². The number of urea groups is 1. The largest absolute Gasteiger partial charge is 0.335 e. The van der Waals surface area contributed by atoms with Crippen LogP contribution in [-0.2, 0) is 6.54 Å². The molecule has 3 atom stereocenters. The summed E-state index contributed by atoms with van der Waals surface area (Å²) >= 11 is 6.02. The van der Waals surface area contributed by atoms with Gasteiger partial charge in [-0.2, -0.15) is 0 Å². The second kappa shape index (κ2) is 8.32. The van der Waals surface area contributed by atoms with Gasteiger partial charge in [0.2, 0.25) is 0 Å². The number of carbonyl (C=O) groups is 1. The molecule has 2 aromatic rings. The highest BCUT2D eigenvalue weighted by molar-refractivity contribution is 6.30. The molecule has 2 aromatic carbocycles. The lowest BCUT2D eigenvalue weighted by atomic mass is 9.81. The van der Waals surface area contributed by atoms with Crippen molar-refractivity contribution in [3.05, 3.63) is 65.2 Å². The molecule has 4 rings (SSSR count). The van der Waals surface area contributed by atoms with E-state index >= 15 is 0 Å². The van der Waals surface area contributed by atoms with Gasteiger partial charge < -0.3 is 10.6 Å². The van der Waals surface area contributed by atoms with Crippen molar-refractivity contribution in [3.8, 4) is 0 Å². The topological polar surface area (TPSA) is 44.4 Å². The summed E-state index contributed by atoms with van der Waals surface area (Å²) in [6, 6.07) is 19.0. The number of fused-ring (bicyclic) bond motifs is 2. The first-order valence-electron chi connectivity index (χ1n) is 9.80. The van der Waals surface area contributed by atoms with Gasteiger partial charge in [-0.1, -0.05) is 48.4 Å². The van der Waals surface area contributed by atoms with Gasteiger partial charge in [0.25, 0.3) is 0 Å². The number of para-hydroxylation sites is 1. The molecular weight excluding hydrogens is 358 g/mol. The first-order chi connectivity index (χ1) is 13.2. The lowest BCUT2D eigenvalue weighted by Crippen LogP contribution is -2.56. The van der Waals surface area contributed by atoms with Gasteiger partial charge in [-0.15, -0.1) is 0 Å². The standard InChI is InChI=1S/C22H26ClN3O/c23-17-11-9-16(10-12-17)15-26-20-7-4-8-21(26)14-19(13-20)25-22(27)24-18-5-2-1-3-6-18/h1-3,5-6,9-12,19-21H,4,7-8,13-15H2,(H2,24,25,27)/t19?,20-,21+. The highest BCUT2D eigenvalue weighted by Gasteiger charge is 2.38. The van der Waals surface area contributed by atoms with Crippen LogP contribution in [-0.4, -0.2) is 29.1 Å². The summed E-state index contributed by atoms with van der Waals surface area (Å²) in [6.45, 7) is 0.968. The number of hydrogen-bond acceptors (Lipinski definition) is 2. The SMILES string of the molecule is O=C(Nc1ccccc1)NC1C[C@H]2CCC[C@@H](C1)N2Cc1ccc(Cl)cc1. The van der Waals surface area contributed by atoms with Gasteiger partial charge >= 0.3 is 6.03 Å². The van der Waals surface area contributed by atoms with Crippen molar-refractivity contribution in [2.75, 3.05) is 5.32 Å². The van der Waals surface area contributed by atoms with E-state index in [0.29, 0.717) is 12.1 Å². The van der Waals surface area contributed by atoms with E-state index in [0.717, 1.165) is 30.1 Å². The maximum absolute atomic E-state index is 12.4. The normalized spacial score (nSPS) is 25.0. The first-order valence-corrected chi connectivity index (χ1v) is 10.2. The molecule has 2 bridgehead atoms. The molecular formula is C22H26ClN3O. The second-order valence-corrected chi connectivity index (χ2v) is 8.11. The summed E-state index contributed by atoms with van der Waals surface area (Å²) in [6.07, 6.45) is 5.75. The Bertz CT molecular complexity index is 751. The van der Waals surface area contributed by atoms with E-state index in [-0.39, 0.29) is 12.1 Å². The smallest absolute Gasteiger partial charge is 0.319 e. The van der Waals surface area contributed by atoms with Gasteiger partial charge in [-0.3, -0.25) is 4.90 Å². The van der Waals surface area contributed by atoms with Gasteiger partial charge in [0.05, 0.1) is 0 Å². The van der Waals surface area contributed by atoms with Crippen molar-refractivity contribution in [1.82, 2.24) is 10.2 Å². The van der Waals surface area contributed by atoms with Gasteiger partial charge in [0.15, 0.2) is 0 Å². The Hall–Kier alpha value is -2.04. The number of benzene rings is 2. The predicted octanol–water partition coefficient (Wildman–Crippen LogP) is 5.05. The first kappa shape index (κ1) is 18.3. The number of hydrogen-bond donors (Lipinski definition) is 2. The molecule has 0 aliphatic carbocycles. The third-order valence-corrected chi connectivity index (χ3v) is 6.02. The van der Waals surface area contributed by atoms with Crippen LogP contribution in [0.4, 0.5) is 10.5 Å². The Labute approximate surface area is 165 Å². The summed E-state index contributed by atoms with van der Waals surface area (Å²) in [5.41, 5.74) is 2.14. The van der Waals surface area contributed by atoms with Gasteiger partial charge in [-0.25, -0.2) is 4.79 Å². The fourth-order valence-electron chi connectivity index (χ4n) is 4.53. The molecule has 2 aliphatic rings. The number of nitrogens with one attached hydrogen (secondary N) is 2. The molecule has 5 heteroatoms. The molecule has 2 N–H and O–H groups in total. The number of anilines is 1. The predicted molar refractivity (Wildman–Crippen MR) is 110 cm³/mol. The number of halogens is 1. The molecule has 2 amide bonds. The Balaban J connectivity index is 1.36. The van der Waals surface area contributed by atoms with E-state index in [1.807, 2.05) is 42.5 Å². The summed E-state index contributed by atoms with van der Waals surface area (Å²) in [7, 11) is 0. The summed E-state index contributed by atoms with van der Waals surface area (Å²) in [5.74, 6) is 0. The lowest BCUT2D eigenvalue weighted by molar-refractivity contribution is 0.0200. The molecule has 4 nitrogen and oxygen atoms in total. The van der Waals surface area contributed by atoms with Gasteiger partial charge in [0, 0.05) is 35.4 Å². The van der Waals surface area contributed by atoms with E-state index in [2.05, 4.69) is 27.7 Å². The molecule has 0 saturated carbocycles. The second-order valence-electron chi connectivity index (χ2n) is 7.67. The third-order valence-electron chi connectivity index (χ3n) is 5.77. The number of rotatable bonds is 4. The van der Waals surface area contributed by atoms with Crippen molar-refractivity contribution in [2.45, 2.75) is 56.8 Å². The highest BCUT2D eigenvalue weighted by Crippen LogP contribution is 2.35. The maximum atomic E-state index is 12.4. The number of piperidine rings is 2. The van der Waals surface area contributed by atoms with Gasteiger partial charge in [-0.05, 0) is 55.5 Å². The van der Waals surface area contributed by atoms with E-state index in [1.165, 1.54) is 24.8 Å². The zero-order valence-corrected chi connectivity index (χ0v) is 16.2. The number of carbonyl (C=O) groups excluding carboxylic acids is 1. The minimum Gasteiger partial charge on any atom is -0.335 e. The highest BCUT2D eigenvalue weighted by atomic mass is 35.5. The average Bonchev–Trinajstić information content (AvgIpc) is 2.65. The van der Waals surface area contributed by atoms with Crippen molar-refractivity contribution in [2.24, 2.45) is 0 Å². The minimum absolute atomic E-state index is 0.101. The Morgan fingerprint density at radius 3 is 2.33 bits per heavy atom. The number of amides is 2. The zero-order valence-electron chi connectivity index (χ0n) is 15.4. The molecule has 0 radical (unpaired) electrons. The van der Waals surface area contributed by atoms with Crippen molar-refractivity contribution in [1.29, 1.82) is 0 Å². The monoisotopic (exact) mass is 383 g/mol. The van der Waals surface area contributed by atoms with Gasteiger partial charge in [0.1, 0.15) is 0 Å². The quantitative estimate of drug-likeness (QED) is 0.776. The third kappa shape index (κ3) is 4.63. The van der Waals surface area contributed by atoms with Crippen molar-refractivity contribution < 1.29 is 4.79 Å². The van der Waals surface area contributed by atoms with E-state index in [1.54, 1.807) is 0 Å². The summed E-state index contributed by atoms with van der Waals surface area (Å²) in [4.78, 5) is 15.0. The van der Waals surface area contributed by atoms with Crippen LogP contribution in [0, 0.1) is 0 Å². The van der Waals surface area contributed by atoms with Crippen molar-refractivity contribution in [3.63, 3.8) is 0 Å².